The number of nitrogens with zero attached hydrogens (tertiary/aromatic N) is 3. The third-order valence-corrected chi connectivity index (χ3v) is 4.19. The number of ether oxygens (including phenoxy) is 1. The number of pyridine rings is 1. The Morgan fingerprint density at radius 1 is 1.12 bits per heavy atom. The van der Waals surface area contributed by atoms with E-state index in [1.54, 1.807) is 24.2 Å². The number of benzene rings is 1. The van der Waals surface area contributed by atoms with Crippen LogP contribution in [-0.4, -0.2) is 54.7 Å². The zero-order chi connectivity index (χ0) is 18.4. The van der Waals surface area contributed by atoms with Crippen molar-refractivity contribution in [3.05, 3.63) is 54.4 Å². The Hall–Kier alpha value is -3.09. The van der Waals surface area contributed by atoms with Gasteiger partial charge in [-0.2, -0.15) is 0 Å². The summed E-state index contributed by atoms with van der Waals surface area (Å²) >= 11 is 0. The van der Waals surface area contributed by atoms with Gasteiger partial charge in [-0.15, -0.1) is 0 Å². The van der Waals surface area contributed by atoms with Crippen LogP contribution in [0, 0.1) is 0 Å². The quantitative estimate of drug-likeness (QED) is 0.913. The van der Waals surface area contributed by atoms with Gasteiger partial charge in [0, 0.05) is 38.1 Å². The number of nitrogens with one attached hydrogen (secondary N) is 1. The van der Waals surface area contributed by atoms with Crippen LogP contribution in [0.2, 0.25) is 0 Å². The van der Waals surface area contributed by atoms with Gasteiger partial charge in [-0.1, -0.05) is 18.2 Å². The van der Waals surface area contributed by atoms with Crippen molar-refractivity contribution in [2.45, 2.75) is 6.92 Å². The van der Waals surface area contributed by atoms with Crippen molar-refractivity contribution in [2.75, 3.05) is 43.0 Å². The third-order valence-electron chi connectivity index (χ3n) is 4.19. The van der Waals surface area contributed by atoms with Crippen LogP contribution in [0.15, 0.2) is 48.8 Å². The lowest BCUT2D eigenvalue weighted by Gasteiger charge is -2.35. The van der Waals surface area contributed by atoms with Gasteiger partial charge in [-0.25, -0.2) is 4.79 Å². The van der Waals surface area contributed by atoms with E-state index >= 15 is 0 Å². The number of aromatic nitrogens is 1. The summed E-state index contributed by atoms with van der Waals surface area (Å²) in [5.74, 6) is -0.198. The number of amides is 2. The van der Waals surface area contributed by atoms with E-state index in [-0.39, 0.29) is 12.0 Å². The minimum Gasteiger partial charge on any atom is -0.450 e. The van der Waals surface area contributed by atoms with Gasteiger partial charge in [0.25, 0.3) is 5.91 Å². The highest BCUT2D eigenvalue weighted by atomic mass is 16.6. The van der Waals surface area contributed by atoms with Crippen LogP contribution >= 0.6 is 0 Å². The second-order valence-corrected chi connectivity index (χ2v) is 5.92. The molecule has 0 atom stereocenters. The second-order valence-electron chi connectivity index (χ2n) is 5.92. The van der Waals surface area contributed by atoms with E-state index in [4.69, 9.17) is 4.74 Å². The minimum absolute atomic E-state index is 0.198. The maximum Gasteiger partial charge on any atom is 0.409 e. The summed E-state index contributed by atoms with van der Waals surface area (Å²) in [5.41, 5.74) is 2.11. The number of carbonyl (C=O) groups is 2. The van der Waals surface area contributed by atoms with E-state index in [1.807, 2.05) is 36.4 Å². The maximum atomic E-state index is 12.4. The Morgan fingerprint density at radius 3 is 2.54 bits per heavy atom. The zero-order valence-corrected chi connectivity index (χ0v) is 14.7. The highest BCUT2D eigenvalue weighted by molar-refractivity contribution is 6.04. The van der Waals surface area contributed by atoms with Crippen LogP contribution in [0.5, 0.6) is 0 Å². The Bertz CT molecular complexity index is 758. The lowest BCUT2D eigenvalue weighted by atomic mass is 10.2. The maximum absolute atomic E-state index is 12.4. The molecular formula is C19H22N4O3. The predicted octanol–water partition coefficient (Wildman–Crippen LogP) is 2.61. The van der Waals surface area contributed by atoms with Crippen LogP contribution in [0.1, 0.15) is 17.3 Å². The molecule has 0 aliphatic carbocycles. The van der Waals surface area contributed by atoms with E-state index in [1.165, 1.54) is 0 Å². The zero-order valence-electron chi connectivity index (χ0n) is 14.7. The summed E-state index contributed by atoms with van der Waals surface area (Å²) in [4.78, 5) is 32.2. The average Bonchev–Trinajstić information content (AvgIpc) is 2.69. The van der Waals surface area contributed by atoms with E-state index in [9.17, 15) is 9.59 Å². The molecule has 136 valence electrons. The fraction of sp³-hybridized carbons (Fsp3) is 0.316. The molecule has 0 saturated carbocycles. The first-order valence-electron chi connectivity index (χ1n) is 8.65. The molecule has 0 radical (unpaired) electrons. The van der Waals surface area contributed by atoms with E-state index < -0.39 is 0 Å². The first-order chi connectivity index (χ1) is 12.7. The first kappa shape index (κ1) is 17.7. The Morgan fingerprint density at radius 2 is 1.85 bits per heavy atom. The molecule has 2 amide bonds. The third kappa shape index (κ3) is 4.30. The van der Waals surface area contributed by atoms with Crippen molar-refractivity contribution in [1.82, 2.24) is 9.88 Å². The lowest BCUT2D eigenvalue weighted by molar-refractivity contribution is 0.102. The molecule has 0 bridgehead atoms. The molecule has 0 spiro atoms. The van der Waals surface area contributed by atoms with E-state index in [0.29, 0.717) is 38.3 Å². The Labute approximate surface area is 152 Å². The molecule has 0 unspecified atom stereocenters. The summed E-state index contributed by atoms with van der Waals surface area (Å²) < 4.78 is 5.03. The number of para-hydroxylation sites is 1. The minimum atomic E-state index is -0.277. The molecule has 1 saturated heterocycles. The van der Waals surface area contributed by atoms with Crippen molar-refractivity contribution < 1.29 is 14.3 Å². The van der Waals surface area contributed by atoms with Crippen LogP contribution in [0.25, 0.3) is 0 Å². The number of rotatable bonds is 4. The molecule has 2 aromatic rings. The average molecular weight is 354 g/mol. The topological polar surface area (TPSA) is 74.8 Å². The summed E-state index contributed by atoms with van der Waals surface area (Å²) in [7, 11) is 0. The SMILES string of the molecule is CCOC(=O)N1CCN(c2cncc(C(=O)Nc3ccccc3)c2)CC1. The van der Waals surface area contributed by atoms with Gasteiger partial charge >= 0.3 is 6.09 Å². The molecule has 1 aromatic heterocycles. The van der Waals surface area contributed by atoms with Crippen LogP contribution in [-0.2, 0) is 4.74 Å². The van der Waals surface area contributed by atoms with Gasteiger partial charge in [-0.3, -0.25) is 9.78 Å². The largest absolute Gasteiger partial charge is 0.450 e. The van der Waals surface area contributed by atoms with Gasteiger partial charge in [0.1, 0.15) is 0 Å². The monoisotopic (exact) mass is 354 g/mol. The van der Waals surface area contributed by atoms with E-state index in [0.717, 1.165) is 11.4 Å². The van der Waals surface area contributed by atoms with Crippen molar-refractivity contribution in [3.63, 3.8) is 0 Å². The number of anilines is 2. The Balaban J connectivity index is 1.63. The molecule has 1 fully saturated rings. The number of piperazine rings is 1. The second kappa shape index (κ2) is 8.33. The van der Waals surface area contributed by atoms with Crippen molar-refractivity contribution in [2.24, 2.45) is 0 Å². The first-order valence-corrected chi connectivity index (χ1v) is 8.65. The molecule has 1 aliphatic heterocycles. The number of hydrogen-bond acceptors (Lipinski definition) is 5. The van der Waals surface area contributed by atoms with E-state index in [2.05, 4.69) is 15.2 Å². The molecular weight excluding hydrogens is 332 g/mol. The predicted molar refractivity (Wildman–Crippen MR) is 99.4 cm³/mol. The molecule has 2 heterocycles. The number of carbonyl (C=O) groups excluding carboxylic acids is 2. The lowest BCUT2D eigenvalue weighted by Crippen LogP contribution is -2.49. The van der Waals surface area contributed by atoms with Gasteiger partial charge in [-0.05, 0) is 25.1 Å². The van der Waals surface area contributed by atoms with Crippen molar-refractivity contribution in [3.8, 4) is 0 Å². The number of hydrogen-bond donors (Lipinski definition) is 1. The fourth-order valence-electron chi connectivity index (χ4n) is 2.81. The summed E-state index contributed by atoms with van der Waals surface area (Å²) in [6, 6.07) is 11.1. The smallest absolute Gasteiger partial charge is 0.409 e. The van der Waals surface area contributed by atoms with Crippen LogP contribution < -0.4 is 10.2 Å². The Kier molecular flexibility index (Phi) is 5.68. The normalized spacial score (nSPS) is 14.0. The molecule has 7 heteroatoms. The van der Waals surface area contributed by atoms with Gasteiger partial charge in [0.2, 0.25) is 0 Å². The highest BCUT2D eigenvalue weighted by Gasteiger charge is 2.22. The van der Waals surface area contributed by atoms with Gasteiger partial charge in [0.15, 0.2) is 0 Å². The van der Waals surface area contributed by atoms with Crippen molar-refractivity contribution in [1.29, 1.82) is 0 Å². The summed E-state index contributed by atoms with van der Waals surface area (Å²) in [6.45, 7) is 4.68. The molecule has 3 rings (SSSR count). The van der Waals surface area contributed by atoms with Crippen LogP contribution in [0.4, 0.5) is 16.2 Å². The highest BCUT2D eigenvalue weighted by Crippen LogP contribution is 2.18. The molecule has 26 heavy (non-hydrogen) atoms. The standard InChI is InChI=1S/C19H22N4O3/c1-2-26-19(25)23-10-8-22(9-11-23)17-12-15(13-20-14-17)18(24)21-16-6-4-3-5-7-16/h3-7,12-14H,2,8-11H2,1H3,(H,21,24). The molecule has 7 nitrogen and oxygen atoms in total. The summed E-state index contributed by atoms with van der Waals surface area (Å²) in [6.07, 6.45) is 3.01. The fourth-order valence-corrected chi connectivity index (χ4v) is 2.81. The van der Waals surface area contributed by atoms with Gasteiger partial charge < -0.3 is 19.9 Å². The molecule has 1 aliphatic rings. The van der Waals surface area contributed by atoms with Gasteiger partial charge in [0.05, 0.1) is 24.1 Å². The molecule has 1 N–H and O–H groups in total. The van der Waals surface area contributed by atoms with Crippen molar-refractivity contribution >= 4 is 23.4 Å². The van der Waals surface area contributed by atoms with Crippen LogP contribution in [0.3, 0.4) is 0 Å². The summed E-state index contributed by atoms with van der Waals surface area (Å²) in [5, 5.41) is 2.86. The molecule has 1 aromatic carbocycles.